The third-order valence-corrected chi connectivity index (χ3v) is 44.2. The van der Waals surface area contributed by atoms with Crippen molar-refractivity contribution in [3.8, 4) is 0 Å². The van der Waals surface area contributed by atoms with E-state index in [1.165, 1.54) is 0 Å². The molecule has 0 aromatic carbocycles. The van der Waals surface area contributed by atoms with Gasteiger partial charge in [0.2, 0.25) is 0 Å². The summed E-state index contributed by atoms with van der Waals surface area (Å²) in [6.07, 6.45) is -0.607. The Bertz CT molecular complexity index is 1200. The van der Waals surface area contributed by atoms with E-state index in [1.54, 1.807) is 0 Å². The lowest BCUT2D eigenvalue weighted by atomic mass is 10.1. The highest BCUT2D eigenvalue weighted by molar-refractivity contribution is 6.92. The second kappa shape index (κ2) is 27.2. The fraction of sp³-hybridized carbons (Fsp3) is 1.00. The van der Waals surface area contributed by atoms with Crippen molar-refractivity contribution in [3.63, 3.8) is 0 Å². The number of hydrogen-bond acceptors (Lipinski definition) is 14. The maximum Gasteiger partial charge on any atom is 0.469 e. The van der Waals surface area contributed by atoms with Crippen LogP contribution in [0.2, 0.25) is 195 Å². The van der Waals surface area contributed by atoms with Gasteiger partial charge in [0.15, 0.2) is 74.9 Å². The van der Waals surface area contributed by atoms with Gasteiger partial charge in [-0.05, 0) is 196 Å². The van der Waals surface area contributed by atoms with Crippen LogP contribution in [0.5, 0.6) is 0 Å². The van der Waals surface area contributed by atoms with Crippen LogP contribution in [-0.4, -0.2) is 163 Å². The van der Waals surface area contributed by atoms with E-state index < -0.39 is 120 Å². The van der Waals surface area contributed by atoms with Gasteiger partial charge in [0.1, 0.15) is 18.3 Å². The molecule has 0 aromatic rings. The maximum atomic E-state index is 11.1. The molecule has 0 saturated carbocycles. The Morgan fingerprint density at radius 3 is 0.582 bits per heavy atom. The first-order chi connectivity index (χ1) is 29.5. The van der Waals surface area contributed by atoms with Crippen LogP contribution in [0.3, 0.4) is 0 Å². The normalized spacial score (nSPS) is 16.4. The minimum atomic E-state index is -3.14. The molecule has 0 aliphatic rings. The molecular formula is C41H108O14Si12. The summed E-state index contributed by atoms with van der Waals surface area (Å²) >= 11 is 0. The molecule has 0 aliphatic carbocycles. The Balaban J connectivity index is 6.95. The summed E-state index contributed by atoms with van der Waals surface area (Å²) in [5.74, 6) is 0. The van der Waals surface area contributed by atoms with E-state index in [0.29, 0.717) is 57.2 Å². The van der Waals surface area contributed by atoms with Crippen LogP contribution >= 0.6 is 0 Å². The monoisotopic (exact) mass is 1160 g/mol. The van der Waals surface area contributed by atoms with Gasteiger partial charge in [-0.2, -0.15) is 0 Å². The predicted molar refractivity (Wildman–Crippen MR) is 309 cm³/mol. The van der Waals surface area contributed by atoms with E-state index in [0.717, 1.165) is 0 Å². The Morgan fingerprint density at radius 1 is 0.269 bits per heavy atom. The van der Waals surface area contributed by atoms with Crippen LogP contribution in [0.1, 0.15) is 19.3 Å². The van der Waals surface area contributed by atoms with E-state index in [9.17, 15) is 10.2 Å². The highest BCUT2D eigenvalue weighted by Crippen LogP contribution is 2.34. The average molecular weight is 1160 g/mol. The van der Waals surface area contributed by atoms with Crippen molar-refractivity contribution in [2.75, 3.05) is 33.0 Å². The average Bonchev–Trinajstić information content (AvgIpc) is 2.98. The SMILES string of the molecule is C[Si](C)(C)O[Si](CCCOC(CO)C(OCCC[Si](O[Si](C)(C)C)(O[Si](C)(C)C)O[Si](C)(C)C)C(CO)OCCC[Si](O[Si](C)(C)C)(O[Si](C)(C)C)O[Si](C)(C)C)(O[Si](C)(C)C)O[Si](C)(C)C. The Morgan fingerprint density at radius 2 is 0.433 bits per heavy atom. The summed E-state index contributed by atoms with van der Waals surface area (Å²) < 4.78 is 82.4. The zero-order chi connectivity index (χ0) is 53.0. The molecule has 14 nitrogen and oxygen atoms in total. The van der Waals surface area contributed by atoms with E-state index in [1.807, 2.05) is 0 Å². The summed E-state index contributed by atoms with van der Waals surface area (Å²) in [5.41, 5.74) is 0. The molecule has 404 valence electrons. The van der Waals surface area contributed by atoms with Crippen molar-refractivity contribution in [2.45, 2.75) is 232 Å². The molecule has 2 unspecified atom stereocenters. The summed E-state index contributed by atoms with van der Waals surface area (Å²) in [7, 11) is -28.1. The van der Waals surface area contributed by atoms with E-state index in [2.05, 4.69) is 177 Å². The van der Waals surface area contributed by atoms with Crippen LogP contribution in [-0.2, 0) is 51.2 Å². The molecule has 0 radical (unpaired) electrons. The number of hydrogen-bond donors (Lipinski definition) is 2. The molecule has 2 atom stereocenters. The first-order valence-electron chi connectivity index (χ1n) is 24.9. The van der Waals surface area contributed by atoms with Gasteiger partial charge < -0.3 is 61.5 Å². The van der Waals surface area contributed by atoms with Gasteiger partial charge in [-0.1, -0.05) is 0 Å². The molecule has 0 heterocycles. The zero-order valence-corrected chi connectivity index (χ0v) is 60.3. The van der Waals surface area contributed by atoms with Crippen LogP contribution in [0.4, 0.5) is 0 Å². The minimum absolute atomic E-state index is 0.292. The summed E-state index contributed by atoms with van der Waals surface area (Å²) in [4.78, 5) is 0. The first-order valence-corrected chi connectivity index (χ1v) is 61.4. The van der Waals surface area contributed by atoms with Gasteiger partial charge in [0.05, 0.1) is 13.2 Å². The lowest BCUT2D eigenvalue weighted by molar-refractivity contribution is -0.159. The molecule has 0 aromatic heterocycles. The Hall–Kier alpha value is 2.04. The predicted octanol–water partition coefficient (Wildman–Crippen LogP) is 11.8. The molecule has 26 heteroatoms. The van der Waals surface area contributed by atoms with E-state index in [4.69, 9.17) is 51.2 Å². The van der Waals surface area contributed by atoms with Gasteiger partial charge in [-0.3, -0.25) is 0 Å². The van der Waals surface area contributed by atoms with Gasteiger partial charge in [0.25, 0.3) is 0 Å². The number of aliphatic hydroxyl groups is 2. The number of ether oxygens (including phenoxy) is 3. The molecule has 0 amide bonds. The Labute approximate surface area is 425 Å². The second-order valence-corrected chi connectivity index (χ2v) is 77.8. The standard InChI is InChI=1S/C41H108O14Si12/c1-56(2,3)47-65(48-57(4,5)6,49-58(7,8)9)34-28-31-44-39(37-42)41(46-33-30-36-67(53-62(19,20)21,54-63(22,23)24)55-64(25,26)27)40(38-43)45-32-29-35-66(50-59(10,11)12,51-60(13,14)15)52-61(16,17)18/h39-43H,28-38H2,1-27H3. The highest BCUT2D eigenvalue weighted by atomic mass is 28.5. The van der Waals surface area contributed by atoms with Crippen LogP contribution in [0, 0.1) is 0 Å². The number of rotatable bonds is 37. The van der Waals surface area contributed by atoms with Crippen LogP contribution < -0.4 is 0 Å². The van der Waals surface area contributed by atoms with Crippen molar-refractivity contribution >= 4 is 101 Å². The van der Waals surface area contributed by atoms with Gasteiger partial charge >= 0.3 is 26.4 Å². The van der Waals surface area contributed by atoms with Crippen molar-refractivity contribution in [3.05, 3.63) is 0 Å². The summed E-state index contributed by atoms with van der Waals surface area (Å²) in [6.45, 7) is 59.2. The van der Waals surface area contributed by atoms with Crippen LogP contribution in [0.15, 0.2) is 0 Å². The smallest absolute Gasteiger partial charge is 0.417 e. The fourth-order valence-corrected chi connectivity index (χ4v) is 51.2. The largest absolute Gasteiger partial charge is 0.469 e. The zero-order valence-electron chi connectivity index (χ0n) is 48.3. The maximum absolute atomic E-state index is 11.1. The molecule has 0 bridgehead atoms. The molecule has 67 heavy (non-hydrogen) atoms. The third-order valence-electron chi connectivity index (χ3n) is 8.10. The van der Waals surface area contributed by atoms with Crippen molar-refractivity contribution in [1.82, 2.24) is 0 Å². The number of aliphatic hydroxyl groups excluding tert-OH is 2. The van der Waals surface area contributed by atoms with Gasteiger partial charge in [0, 0.05) is 38.0 Å². The lowest BCUT2D eigenvalue weighted by Crippen LogP contribution is -2.60. The molecule has 2 N–H and O–H groups in total. The Kier molecular flexibility index (Phi) is 28.0. The second-order valence-electron chi connectivity index (χ2n) is 26.8. The topological polar surface area (TPSA) is 151 Å². The molecule has 0 spiro atoms. The lowest BCUT2D eigenvalue weighted by Gasteiger charge is -2.43. The first kappa shape index (κ1) is 69.0. The highest BCUT2D eigenvalue weighted by Gasteiger charge is 2.52. The fourth-order valence-electron chi connectivity index (χ4n) is 7.36. The van der Waals surface area contributed by atoms with Gasteiger partial charge in [-0.25, -0.2) is 0 Å². The minimum Gasteiger partial charge on any atom is -0.417 e. The van der Waals surface area contributed by atoms with Crippen molar-refractivity contribution in [1.29, 1.82) is 0 Å². The molecule has 0 rings (SSSR count). The van der Waals surface area contributed by atoms with E-state index >= 15 is 0 Å². The molecule has 0 saturated heterocycles. The van der Waals surface area contributed by atoms with Gasteiger partial charge in [-0.15, -0.1) is 0 Å². The quantitative estimate of drug-likeness (QED) is 0.0448. The summed E-state index contributed by atoms with van der Waals surface area (Å²) in [5, 5.41) is 22.1. The van der Waals surface area contributed by atoms with Crippen molar-refractivity contribution < 1.29 is 61.5 Å². The van der Waals surface area contributed by atoms with Crippen molar-refractivity contribution in [2.24, 2.45) is 0 Å². The third kappa shape index (κ3) is 35.0. The molecule has 0 fully saturated rings. The molecule has 0 aliphatic heterocycles. The molecular weight excluding hydrogens is 1050 g/mol. The van der Waals surface area contributed by atoms with E-state index in [-0.39, 0.29) is 13.2 Å². The van der Waals surface area contributed by atoms with Crippen LogP contribution in [0.25, 0.3) is 0 Å². The summed E-state index contributed by atoms with van der Waals surface area (Å²) in [6, 6.07) is 1.78.